The number of hydrogen-bond acceptors (Lipinski definition) is 2. The van der Waals surface area contributed by atoms with E-state index in [0.717, 1.165) is 17.8 Å². The highest BCUT2D eigenvalue weighted by Crippen LogP contribution is 2.57. The van der Waals surface area contributed by atoms with Crippen molar-refractivity contribution in [3.63, 3.8) is 0 Å². The molecule has 148 valence electrons. The second-order valence-electron chi connectivity index (χ2n) is 9.53. The lowest BCUT2D eigenvalue weighted by Crippen LogP contribution is -2.58. The van der Waals surface area contributed by atoms with Gasteiger partial charge in [-0.3, -0.25) is 0 Å². The van der Waals surface area contributed by atoms with Gasteiger partial charge in [-0.25, -0.2) is 0 Å². The van der Waals surface area contributed by atoms with Crippen LogP contribution in [0.4, 0.5) is 0 Å². The van der Waals surface area contributed by atoms with E-state index in [2.05, 4.69) is 16.8 Å². The molecule has 5 rings (SSSR count). The predicted octanol–water partition coefficient (Wildman–Crippen LogP) is 5.39. The van der Waals surface area contributed by atoms with Gasteiger partial charge < -0.3 is 9.80 Å². The molecule has 1 aliphatic heterocycles. The zero-order valence-corrected chi connectivity index (χ0v) is 17.9. The van der Waals surface area contributed by atoms with Crippen LogP contribution in [0.5, 0.6) is 0 Å². The Bertz CT molecular complexity index is 360. The van der Waals surface area contributed by atoms with Crippen molar-refractivity contribution in [2.45, 2.75) is 82.6 Å². The Kier molecular flexibility index (Phi) is 8.39. The minimum atomic E-state index is 0. The molecule has 0 aromatic carbocycles. The first kappa shape index (κ1) is 21.8. The van der Waals surface area contributed by atoms with E-state index in [1.165, 1.54) is 84.0 Å². The Labute approximate surface area is 168 Å². The Morgan fingerprint density at radius 2 is 1.32 bits per heavy atom. The van der Waals surface area contributed by atoms with Gasteiger partial charge >= 0.3 is 0 Å². The van der Waals surface area contributed by atoms with E-state index in [-0.39, 0.29) is 24.8 Å². The fourth-order valence-electron chi connectivity index (χ4n) is 6.81. The van der Waals surface area contributed by atoms with Gasteiger partial charge in [0, 0.05) is 5.54 Å². The van der Waals surface area contributed by atoms with E-state index in [4.69, 9.17) is 0 Å². The molecule has 25 heavy (non-hydrogen) atoms. The molecule has 0 amide bonds. The summed E-state index contributed by atoms with van der Waals surface area (Å²) in [5, 5.41) is 0. The minimum Gasteiger partial charge on any atom is -0.303 e. The Balaban J connectivity index is 0.00000113. The average molecular weight is 391 g/mol. The second kappa shape index (κ2) is 9.62. The quantitative estimate of drug-likeness (QED) is 0.512. The van der Waals surface area contributed by atoms with Crippen LogP contribution >= 0.6 is 24.8 Å². The summed E-state index contributed by atoms with van der Waals surface area (Å²) in [7, 11) is 2.46. The molecule has 4 bridgehead atoms. The monoisotopic (exact) mass is 390 g/mol. The number of unbranched alkanes of at least 4 members (excludes halogenated alkanes) is 3. The highest BCUT2D eigenvalue weighted by Gasteiger charge is 2.52. The van der Waals surface area contributed by atoms with Crippen molar-refractivity contribution >= 4 is 24.8 Å². The zero-order chi connectivity index (χ0) is 15.7. The summed E-state index contributed by atoms with van der Waals surface area (Å²) in [5.41, 5.74) is 0.629. The highest BCUT2D eigenvalue weighted by atomic mass is 35.5. The molecule has 1 heterocycles. The summed E-state index contributed by atoms with van der Waals surface area (Å²) in [6.07, 6.45) is 18.0. The minimum absolute atomic E-state index is 0. The van der Waals surface area contributed by atoms with Gasteiger partial charge in [-0.1, -0.05) is 12.8 Å². The molecule has 0 aromatic heterocycles. The lowest BCUT2D eigenvalue weighted by molar-refractivity contribution is -0.0793. The maximum absolute atomic E-state index is 2.82. The summed E-state index contributed by atoms with van der Waals surface area (Å²) in [5.74, 6) is 3.26. The summed E-state index contributed by atoms with van der Waals surface area (Å²) < 4.78 is 0. The fourth-order valence-corrected chi connectivity index (χ4v) is 6.81. The summed E-state index contributed by atoms with van der Waals surface area (Å²) >= 11 is 0. The smallest absolute Gasteiger partial charge is 0.0214 e. The zero-order valence-electron chi connectivity index (χ0n) is 16.3. The van der Waals surface area contributed by atoms with E-state index in [0.29, 0.717) is 5.54 Å². The van der Waals surface area contributed by atoms with Crippen LogP contribution < -0.4 is 0 Å². The van der Waals surface area contributed by atoms with Crippen LogP contribution in [0, 0.1) is 17.8 Å². The van der Waals surface area contributed by atoms with E-state index < -0.39 is 0 Å². The van der Waals surface area contributed by atoms with Gasteiger partial charge in [0.05, 0.1) is 0 Å². The largest absolute Gasteiger partial charge is 0.303 e. The molecule has 0 atom stereocenters. The summed E-state index contributed by atoms with van der Waals surface area (Å²) in [4.78, 5) is 5.49. The third-order valence-corrected chi connectivity index (χ3v) is 7.73. The highest BCUT2D eigenvalue weighted by molar-refractivity contribution is 5.85. The molecule has 4 saturated carbocycles. The van der Waals surface area contributed by atoms with Crippen molar-refractivity contribution in [2.24, 2.45) is 17.8 Å². The van der Waals surface area contributed by atoms with Crippen LogP contribution in [0.25, 0.3) is 0 Å². The van der Waals surface area contributed by atoms with Gasteiger partial charge in [0.25, 0.3) is 0 Å². The average Bonchev–Trinajstić information content (AvgIpc) is 3.02. The van der Waals surface area contributed by atoms with Crippen molar-refractivity contribution in [3.05, 3.63) is 0 Å². The topological polar surface area (TPSA) is 6.48 Å². The summed E-state index contributed by atoms with van der Waals surface area (Å²) in [6.45, 7) is 5.46. The van der Waals surface area contributed by atoms with Crippen molar-refractivity contribution in [1.29, 1.82) is 0 Å². The van der Waals surface area contributed by atoms with Crippen molar-refractivity contribution < 1.29 is 0 Å². The van der Waals surface area contributed by atoms with Crippen LogP contribution in [0.3, 0.4) is 0 Å². The van der Waals surface area contributed by atoms with Crippen LogP contribution in [-0.2, 0) is 0 Å². The van der Waals surface area contributed by atoms with E-state index in [1.54, 1.807) is 19.3 Å². The first-order chi connectivity index (χ1) is 11.2. The van der Waals surface area contributed by atoms with Crippen LogP contribution in [0.1, 0.15) is 77.0 Å². The number of hydrogen-bond donors (Lipinski definition) is 0. The molecule has 5 aliphatic rings. The van der Waals surface area contributed by atoms with E-state index in [1.807, 2.05) is 0 Å². The number of likely N-dealkylation sites (tertiary alicyclic amines) is 1. The van der Waals surface area contributed by atoms with Gasteiger partial charge in [-0.2, -0.15) is 0 Å². The maximum Gasteiger partial charge on any atom is 0.0214 e. The van der Waals surface area contributed by atoms with Gasteiger partial charge in [0.15, 0.2) is 0 Å². The van der Waals surface area contributed by atoms with Gasteiger partial charge in [0.2, 0.25) is 0 Å². The van der Waals surface area contributed by atoms with Crippen molar-refractivity contribution in [3.8, 4) is 0 Å². The lowest BCUT2D eigenvalue weighted by atomic mass is 9.52. The number of nitrogens with zero attached hydrogens (tertiary/aromatic N) is 2. The van der Waals surface area contributed by atoms with Crippen molar-refractivity contribution in [1.82, 2.24) is 9.80 Å². The predicted molar refractivity (Wildman–Crippen MR) is 112 cm³/mol. The van der Waals surface area contributed by atoms with Crippen LogP contribution in [-0.4, -0.2) is 48.6 Å². The van der Waals surface area contributed by atoms with Crippen molar-refractivity contribution in [2.75, 3.05) is 33.2 Å². The molecule has 0 unspecified atom stereocenters. The number of halogens is 2. The molecule has 4 heteroatoms. The second-order valence-corrected chi connectivity index (χ2v) is 9.53. The van der Waals surface area contributed by atoms with Gasteiger partial charge in [0.1, 0.15) is 0 Å². The van der Waals surface area contributed by atoms with Crippen LogP contribution in [0.2, 0.25) is 0 Å². The van der Waals surface area contributed by atoms with E-state index >= 15 is 0 Å². The lowest BCUT2D eigenvalue weighted by Gasteiger charge is -2.60. The Morgan fingerprint density at radius 1 is 0.800 bits per heavy atom. The SMILES string of the molecule is CN(CCCCCCN1CCCC1)C12CC3CC(CC(C3)C1)C2.Cl.Cl. The first-order valence-corrected chi connectivity index (χ1v) is 10.7. The number of rotatable bonds is 8. The van der Waals surface area contributed by atoms with Gasteiger partial charge in [-0.15, -0.1) is 24.8 Å². The molecule has 0 aromatic rings. The third kappa shape index (κ3) is 5.06. The molecule has 0 spiro atoms. The molecule has 1 saturated heterocycles. The molecule has 0 radical (unpaired) electrons. The van der Waals surface area contributed by atoms with Gasteiger partial charge in [-0.05, 0) is 115 Å². The van der Waals surface area contributed by atoms with Crippen LogP contribution in [0.15, 0.2) is 0 Å². The standard InChI is InChI=1S/C21H38N2.2ClH/c1-22(8-4-2-3-5-9-23-10-6-7-11-23)21-15-18-12-19(16-21)14-20(13-18)17-21;;/h18-20H,2-17H2,1H3;2*1H. The molecule has 2 nitrogen and oxygen atoms in total. The third-order valence-electron chi connectivity index (χ3n) is 7.73. The molecule has 0 N–H and O–H groups in total. The van der Waals surface area contributed by atoms with E-state index in [9.17, 15) is 0 Å². The Morgan fingerprint density at radius 3 is 1.88 bits per heavy atom. The summed E-state index contributed by atoms with van der Waals surface area (Å²) in [6, 6.07) is 0. The molecule has 4 aliphatic carbocycles. The maximum atomic E-state index is 2.82. The first-order valence-electron chi connectivity index (χ1n) is 10.7. The molecule has 5 fully saturated rings. The molecular formula is C21H40Cl2N2. The normalized spacial score (nSPS) is 36.5. The Hall–Kier alpha value is 0.500. The fraction of sp³-hybridized carbons (Fsp3) is 1.00. The molecular weight excluding hydrogens is 351 g/mol.